The van der Waals surface area contributed by atoms with Crippen molar-refractivity contribution in [2.45, 2.75) is 19.5 Å². The second-order valence-electron chi connectivity index (χ2n) is 7.06. The average molecular weight is 457 g/mol. The van der Waals surface area contributed by atoms with Crippen LogP contribution in [0.25, 0.3) is 27.5 Å². The molecule has 0 saturated heterocycles. The van der Waals surface area contributed by atoms with Crippen molar-refractivity contribution < 1.29 is 22.7 Å². The van der Waals surface area contributed by atoms with Crippen molar-refractivity contribution in [2.75, 3.05) is 7.18 Å². The molecule has 0 fully saturated rings. The first kappa shape index (κ1) is 24.0. The van der Waals surface area contributed by atoms with E-state index in [0.717, 1.165) is 45.5 Å². The highest BCUT2D eigenvalue weighted by Gasteiger charge is 2.16. The number of rotatable bonds is 3. The van der Waals surface area contributed by atoms with Gasteiger partial charge in [0.15, 0.2) is 0 Å². The van der Waals surface area contributed by atoms with Crippen LogP contribution < -0.4 is 0 Å². The molecular formula is C25H23F4N3O. The van der Waals surface area contributed by atoms with E-state index >= 15 is 0 Å². The van der Waals surface area contributed by atoms with Crippen molar-refractivity contribution in [3.63, 3.8) is 0 Å². The maximum absolute atomic E-state index is 13.2. The minimum Gasteiger partial charge on any atom is -0.384 e. The highest BCUT2D eigenvalue weighted by Crippen LogP contribution is 2.31. The number of aliphatic hydroxyl groups is 1. The summed E-state index contributed by atoms with van der Waals surface area (Å²) in [5.74, 6) is -0.278. The molecule has 0 aliphatic heterocycles. The SMILES string of the molecule is CC(F)F.CF.OC(c1ccc2c(cnn2-c2ccc(F)cc2)c1)c1c[nH]c2ccccc12. The van der Waals surface area contributed by atoms with E-state index in [1.54, 1.807) is 23.0 Å². The zero-order valence-corrected chi connectivity index (χ0v) is 18.0. The molecule has 1 atom stereocenters. The number of halogens is 4. The van der Waals surface area contributed by atoms with Crippen LogP contribution in [0.4, 0.5) is 17.6 Å². The molecule has 172 valence electrons. The first-order chi connectivity index (χ1) is 15.9. The molecule has 2 N–H and O–H groups in total. The van der Waals surface area contributed by atoms with Gasteiger partial charge in [0, 0.05) is 28.0 Å². The number of fused-ring (bicyclic) bond motifs is 2. The van der Waals surface area contributed by atoms with Crippen molar-refractivity contribution in [3.05, 3.63) is 96.1 Å². The number of benzene rings is 3. The highest BCUT2D eigenvalue weighted by atomic mass is 19.3. The minimum absolute atomic E-state index is 0.278. The van der Waals surface area contributed by atoms with Gasteiger partial charge in [-0.2, -0.15) is 5.10 Å². The van der Waals surface area contributed by atoms with Gasteiger partial charge in [-0.1, -0.05) is 24.3 Å². The van der Waals surface area contributed by atoms with E-state index < -0.39 is 12.5 Å². The summed E-state index contributed by atoms with van der Waals surface area (Å²) >= 11 is 0. The van der Waals surface area contributed by atoms with E-state index in [0.29, 0.717) is 7.18 Å². The monoisotopic (exact) mass is 457 g/mol. The molecule has 4 nitrogen and oxygen atoms in total. The molecule has 8 heteroatoms. The first-order valence-corrected chi connectivity index (χ1v) is 10.1. The molecule has 0 amide bonds. The Morgan fingerprint density at radius 2 is 1.64 bits per heavy atom. The predicted octanol–water partition coefficient (Wildman–Crippen LogP) is 6.58. The van der Waals surface area contributed by atoms with E-state index in [-0.39, 0.29) is 5.82 Å². The summed E-state index contributed by atoms with van der Waals surface area (Å²) in [5, 5.41) is 17.2. The van der Waals surface area contributed by atoms with E-state index in [4.69, 9.17) is 0 Å². The van der Waals surface area contributed by atoms with E-state index in [1.165, 1.54) is 12.1 Å². The number of para-hydroxylation sites is 1. The zero-order valence-electron chi connectivity index (χ0n) is 18.0. The van der Waals surface area contributed by atoms with Gasteiger partial charge in [-0.15, -0.1) is 0 Å². The number of nitrogens with one attached hydrogen (secondary N) is 1. The van der Waals surface area contributed by atoms with Crippen molar-refractivity contribution in [1.29, 1.82) is 0 Å². The third-order valence-electron chi connectivity index (χ3n) is 4.89. The Hall–Kier alpha value is -3.65. The van der Waals surface area contributed by atoms with E-state index in [1.807, 2.05) is 48.7 Å². The Morgan fingerprint density at radius 3 is 2.33 bits per heavy atom. The smallest absolute Gasteiger partial charge is 0.235 e. The number of H-pyrrole nitrogens is 1. The van der Waals surface area contributed by atoms with Crippen molar-refractivity contribution in [2.24, 2.45) is 0 Å². The van der Waals surface area contributed by atoms with Crippen molar-refractivity contribution in [1.82, 2.24) is 14.8 Å². The summed E-state index contributed by atoms with van der Waals surface area (Å²) < 4.78 is 45.1. The number of aliphatic hydroxyl groups excluding tert-OH is 1. The lowest BCUT2D eigenvalue weighted by Crippen LogP contribution is -1.99. The number of aromatic amines is 1. The van der Waals surface area contributed by atoms with Crippen LogP contribution in [-0.2, 0) is 0 Å². The van der Waals surface area contributed by atoms with Gasteiger partial charge in [0.25, 0.3) is 0 Å². The van der Waals surface area contributed by atoms with Crippen molar-refractivity contribution in [3.8, 4) is 5.69 Å². The van der Waals surface area contributed by atoms with E-state index in [9.17, 15) is 22.7 Å². The Kier molecular flexibility index (Phi) is 7.84. The lowest BCUT2D eigenvalue weighted by atomic mass is 10.00. The quantitative estimate of drug-likeness (QED) is 0.301. The average Bonchev–Trinajstić information content (AvgIpc) is 3.44. The van der Waals surface area contributed by atoms with Crippen LogP contribution in [0.15, 0.2) is 79.1 Å². The number of alkyl halides is 3. The van der Waals surface area contributed by atoms with Crippen LogP contribution in [0.2, 0.25) is 0 Å². The molecule has 2 heterocycles. The second kappa shape index (κ2) is 10.8. The van der Waals surface area contributed by atoms with Gasteiger partial charge in [0.05, 0.1) is 24.6 Å². The topological polar surface area (TPSA) is 53.8 Å². The molecule has 0 radical (unpaired) electrons. The molecule has 0 spiro atoms. The van der Waals surface area contributed by atoms with Crippen LogP contribution >= 0.6 is 0 Å². The number of hydrogen-bond donors (Lipinski definition) is 2. The van der Waals surface area contributed by atoms with Crippen LogP contribution in [0, 0.1) is 5.82 Å². The standard InChI is InChI=1S/C22H16FN3O.C2H4F2.CH3F/c23-16-6-8-17(9-7-16)26-21-10-5-14(11-15(21)12-25-26)22(27)19-13-24-20-4-2-1-3-18(19)20;1-2(3)4;1-2/h1-13,22,24,27H;2H,1H3;1H3. The molecule has 0 aliphatic rings. The summed E-state index contributed by atoms with van der Waals surface area (Å²) in [7, 11) is 0.500. The van der Waals surface area contributed by atoms with Gasteiger partial charge in [0.2, 0.25) is 6.43 Å². The Balaban J connectivity index is 0.000000464. The largest absolute Gasteiger partial charge is 0.384 e. The summed E-state index contributed by atoms with van der Waals surface area (Å²) in [6.07, 6.45) is 0.700. The fourth-order valence-corrected chi connectivity index (χ4v) is 3.51. The lowest BCUT2D eigenvalue weighted by molar-refractivity contribution is 0.171. The Bertz CT molecular complexity index is 1310. The maximum Gasteiger partial charge on any atom is 0.235 e. The Labute approximate surface area is 188 Å². The van der Waals surface area contributed by atoms with Gasteiger partial charge in [-0.05, 0) is 55.0 Å². The van der Waals surface area contributed by atoms with Gasteiger partial charge in [-0.25, -0.2) is 17.9 Å². The fraction of sp³-hybridized carbons (Fsp3) is 0.160. The molecule has 33 heavy (non-hydrogen) atoms. The summed E-state index contributed by atoms with van der Waals surface area (Å²) in [4.78, 5) is 3.20. The number of nitrogens with zero attached hydrogens (tertiary/aromatic N) is 2. The normalized spacial score (nSPS) is 11.6. The van der Waals surface area contributed by atoms with E-state index in [2.05, 4.69) is 10.1 Å². The molecule has 0 saturated carbocycles. The molecule has 0 bridgehead atoms. The minimum atomic E-state index is -2.17. The molecule has 0 aliphatic carbocycles. The highest BCUT2D eigenvalue weighted by molar-refractivity contribution is 5.85. The van der Waals surface area contributed by atoms with Crippen LogP contribution in [0.1, 0.15) is 24.2 Å². The molecular weight excluding hydrogens is 434 g/mol. The van der Waals surface area contributed by atoms with Crippen molar-refractivity contribution >= 4 is 21.8 Å². The van der Waals surface area contributed by atoms with Crippen LogP contribution in [-0.4, -0.2) is 33.5 Å². The van der Waals surface area contributed by atoms with Gasteiger partial charge in [-0.3, -0.25) is 4.39 Å². The summed E-state index contributed by atoms with van der Waals surface area (Å²) in [5.41, 5.74) is 4.33. The molecule has 5 rings (SSSR count). The fourth-order valence-electron chi connectivity index (χ4n) is 3.51. The van der Waals surface area contributed by atoms with Gasteiger partial charge < -0.3 is 10.1 Å². The second-order valence-corrected chi connectivity index (χ2v) is 7.06. The van der Waals surface area contributed by atoms with Gasteiger partial charge >= 0.3 is 0 Å². The number of hydrogen-bond acceptors (Lipinski definition) is 2. The van der Waals surface area contributed by atoms with Crippen LogP contribution in [0.3, 0.4) is 0 Å². The Morgan fingerprint density at radius 1 is 0.970 bits per heavy atom. The van der Waals surface area contributed by atoms with Gasteiger partial charge in [0.1, 0.15) is 11.9 Å². The third-order valence-corrected chi connectivity index (χ3v) is 4.89. The third kappa shape index (κ3) is 5.40. The number of aromatic nitrogens is 3. The van der Waals surface area contributed by atoms with Crippen LogP contribution in [0.5, 0.6) is 0 Å². The molecule has 2 aromatic heterocycles. The first-order valence-electron chi connectivity index (χ1n) is 10.1. The lowest BCUT2D eigenvalue weighted by Gasteiger charge is -2.11. The summed E-state index contributed by atoms with van der Waals surface area (Å²) in [6.45, 7) is 0.833. The zero-order chi connectivity index (χ0) is 24.0. The predicted molar refractivity (Wildman–Crippen MR) is 122 cm³/mol. The maximum atomic E-state index is 13.2. The molecule has 5 aromatic rings. The molecule has 3 aromatic carbocycles. The molecule has 1 unspecified atom stereocenters. The summed E-state index contributed by atoms with van der Waals surface area (Å²) in [6, 6.07) is 19.9.